The maximum atomic E-state index is 11.2. The maximum Gasteiger partial charge on any atom is 0.425 e. The van der Waals surface area contributed by atoms with Gasteiger partial charge in [0, 0.05) is 0 Å². The number of rotatable bonds is 2. The number of hydrogen-bond donors (Lipinski definition) is 2. The number of hydrogen-bond acceptors (Lipinski definition) is 5. The van der Waals surface area contributed by atoms with Crippen molar-refractivity contribution in [2.24, 2.45) is 0 Å². The van der Waals surface area contributed by atoms with Gasteiger partial charge in [0.2, 0.25) is 0 Å². The Bertz CT molecular complexity index is 486. The Kier molecular flexibility index (Phi) is 3.55. The van der Waals surface area contributed by atoms with Gasteiger partial charge >= 0.3 is 23.9 Å². The summed E-state index contributed by atoms with van der Waals surface area (Å²) >= 11 is 0. The molecule has 7 nitrogen and oxygen atoms in total. The van der Waals surface area contributed by atoms with Crippen molar-refractivity contribution >= 4 is 23.9 Å². The van der Waals surface area contributed by atoms with E-state index in [1.54, 1.807) is 0 Å². The number of aliphatic carboxylic acids is 1. The van der Waals surface area contributed by atoms with Crippen LogP contribution in [0.25, 0.3) is 0 Å². The Balaban J connectivity index is 2.80. The summed E-state index contributed by atoms with van der Waals surface area (Å²) in [5.74, 6) is -5.92. The van der Waals surface area contributed by atoms with E-state index in [-0.39, 0.29) is 11.1 Å². The summed E-state index contributed by atoms with van der Waals surface area (Å²) in [6.45, 7) is 0. The highest BCUT2D eigenvalue weighted by atomic mass is 16.6. The molecule has 0 atom stereocenters. The molecule has 0 aliphatic rings. The van der Waals surface area contributed by atoms with Crippen LogP contribution in [0.2, 0.25) is 0 Å². The van der Waals surface area contributed by atoms with Crippen LogP contribution in [-0.4, -0.2) is 34.1 Å². The molecule has 0 spiro atoms. The second kappa shape index (κ2) is 4.88. The first-order valence-electron chi connectivity index (χ1n) is 4.24. The number of carboxylic acid groups (broad SMARTS) is 2. The fourth-order valence-corrected chi connectivity index (χ4v) is 0.936. The number of esters is 2. The molecule has 0 aliphatic carbocycles. The van der Waals surface area contributed by atoms with Crippen molar-refractivity contribution in [1.29, 1.82) is 0 Å². The first kappa shape index (κ1) is 12.4. The van der Waals surface area contributed by atoms with E-state index in [0.717, 1.165) is 24.3 Å². The van der Waals surface area contributed by atoms with Crippen LogP contribution >= 0.6 is 0 Å². The van der Waals surface area contributed by atoms with E-state index in [0.29, 0.717) is 0 Å². The molecule has 1 rings (SSSR count). The zero-order valence-electron chi connectivity index (χ0n) is 8.25. The SMILES string of the molecule is O=C(O)C(=O)OC(=O)c1ccc(C(=O)O)cc1. The minimum atomic E-state index is -1.89. The minimum absolute atomic E-state index is 0.0499. The van der Waals surface area contributed by atoms with Gasteiger partial charge in [0.25, 0.3) is 0 Å². The predicted molar refractivity (Wildman–Crippen MR) is 51.5 cm³/mol. The van der Waals surface area contributed by atoms with Crippen LogP contribution in [0.1, 0.15) is 20.7 Å². The largest absolute Gasteiger partial charge is 0.478 e. The highest BCUT2D eigenvalue weighted by Gasteiger charge is 2.19. The highest BCUT2D eigenvalue weighted by Crippen LogP contribution is 2.06. The molecule has 0 saturated carbocycles. The third kappa shape index (κ3) is 3.13. The van der Waals surface area contributed by atoms with Gasteiger partial charge in [0.1, 0.15) is 0 Å². The summed E-state index contributed by atoms with van der Waals surface area (Å²) in [6.07, 6.45) is 0. The van der Waals surface area contributed by atoms with Crippen molar-refractivity contribution in [1.82, 2.24) is 0 Å². The van der Waals surface area contributed by atoms with Gasteiger partial charge in [-0.3, -0.25) is 0 Å². The zero-order valence-corrected chi connectivity index (χ0v) is 8.25. The van der Waals surface area contributed by atoms with Crippen LogP contribution in [0.15, 0.2) is 24.3 Å². The smallest absolute Gasteiger partial charge is 0.425 e. The molecule has 1 aromatic carbocycles. The van der Waals surface area contributed by atoms with E-state index < -0.39 is 23.9 Å². The third-order valence-corrected chi connectivity index (χ3v) is 1.73. The van der Waals surface area contributed by atoms with Crippen molar-refractivity contribution < 1.29 is 34.1 Å². The molecule has 17 heavy (non-hydrogen) atoms. The van der Waals surface area contributed by atoms with Gasteiger partial charge in [-0.05, 0) is 24.3 Å². The van der Waals surface area contributed by atoms with Crippen molar-refractivity contribution in [2.75, 3.05) is 0 Å². The molecule has 0 fully saturated rings. The molecule has 2 N–H and O–H groups in total. The fraction of sp³-hybridized carbons (Fsp3) is 0. The van der Waals surface area contributed by atoms with Crippen molar-refractivity contribution in [3.63, 3.8) is 0 Å². The molecule has 0 amide bonds. The van der Waals surface area contributed by atoms with Crippen molar-refractivity contribution in [3.05, 3.63) is 35.4 Å². The molecular weight excluding hydrogens is 232 g/mol. The van der Waals surface area contributed by atoms with Gasteiger partial charge < -0.3 is 14.9 Å². The van der Waals surface area contributed by atoms with E-state index in [1.807, 2.05) is 0 Å². The topological polar surface area (TPSA) is 118 Å². The van der Waals surface area contributed by atoms with Crippen molar-refractivity contribution in [3.8, 4) is 0 Å². The summed E-state index contributed by atoms with van der Waals surface area (Å²) in [5, 5.41) is 16.8. The quantitative estimate of drug-likeness (QED) is 0.427. The lowest BCUT2D eigenvalue weighted by Crippen LogP contribution is -2.20. The molecule has 1 aromatic rings. The van der Waals surface area contributed by atoms with Gasteiger partial charge in [-0.15, -0.1) is 0 Å². The number of benzene rings is 1. The molecule has 0 aliphatic heterocycles. The first-order chi connectivity index (χ1) is 7.91. The first-order valence-corrected chi connectivity index (χ1v) is 4.24. The van der Waals surface area contributed by atoms with Crippen LogP contribution < -0.4 is 0 Å². The molecule has 0 bridgehead atoms. The lowest BCUT2D eigenvalue weighted by molar-refractivity contribution is -0.160. The third-order valence-electron chi connectivity index (χ3n) is 1.73. The van der Waals surface area contributed by atoms with Gasteiger partial charge in [-0.25, -0.2) is 19.2 Å². The Hall–Kier alpha value is -2.70. The number of aromatic carboxylic acids is 1. The standard InChI is InChI=1S/C10H6O7/c11-7(12)5-1-3-6(4-2-5)9(15)17-10(16)8(13)14/h1-4H,(H,11,12)(H,13,14). The molecule has 0 unspecified atom stereocenters. The Labute approximate surface area is 94.2 Å². The number of carbonyl (C=O) groups is 4. The van der Waals surface area contributed by atoms with Gasteiger partial charge in [0.15, 0.2) is 0 Å². The monoisotopic (exact) mass is 238 g/mol. The van der Waals surface area contributed by atoms with Crippen molar-refractivity contribution in [2.45, 2.75) is 0 Å². The normalized spacial score (nSPS) is 9.41. The minimum Gasteiger partial charge on any atom is -0.478 e. The van der Waals surface area contributed by atoms with Crippen LogP contribution in [0.4, 0.5) is 0 Å². The summed E-state index contributed by atoms with van der Waals surface area (Å²) in [4.78, 5) is 42.4. The maximum absolute atomic E-state index is 11.2. The number of ether oxygens (including phenoxy) is 1. The molecule has 88 valence electrons. The average molecular weight is 238 g/mol. The molecule has 7 heteroatoms. The Morgan fingerprint density at radius 2 is 1.35 bits per heavy atom. The predicted octanol–water partition coefficient (Wildman–Crippen LogP) is 0.153. The fourth-order valence-electron chi connectivity index (χ4n) is 0.936. The summed E-state index contributed by atoms with van der Waals surface area (Å²) in [5.41, 5.74) is -0.171. The lowest BCUT2D eigenvalue weighted by Gasteiger charge is -2.00. The average Bonchev–Trinajstić information content (AvgIpc) is 2.28. The van der Waals surface area contributed by atoms with Gasteiger partial charge in [0.05, 0.1) is 11.1 Å². The van der Waals surface area contributed by atoms with Crippen LogP contribution in [-0.2, 0) is 14.3 Å². The second-order valence-corrected chi connectivity index (χ2v) is 2.86. The second-order valence-electron chi connectivity index (χ2n) is 2.86. The molecular formula is C10H6O7. The lowest BCUT2D eigenvalue weighted by atomic mass is 10.1. The summed E-state index contributed by atoms with van der Waals surface area (Å²) < 4.78 is 3.97. The number of carboxylic acids is 2. The molecule has 0 heterocycles. The van der Waals surface area contributed by atoms with Gasteiger partial charge in [-0.1, -0.05) is 0 Å². The van der Waals surface area contributed by atoms with E-state index >= 15 is 0 Å². The van der Waals surface area contributed by atoms with E-state index in [9.17, 15) is 19.2 Å². The van der Waals surface area contributed by atoms with Crippen LogP contribution in [0.3, 0.4) is 0 Å². The van der Waals surface area contributed by atoms with Gasteiger partial charge in [-0.2, -0.15) is 0 Å². The Morgan fingerprint density at radius 3 is 1.76 bits per heavy atom. The molecule has 0 saturated heterocycles. The van der Waals surface area contributed by atoms with Crippen LogP contribution in [0, 0.1) is 0 Å². The summed E-state index contributed by atoms with van der Waals surface area (Å²) in [6, 6.07) is 4.48. The van der Waals surface area contributed by atoms with E-state index in [4.69, 9.17) is 10.2 Å². The highest BCUT2D eigenvalue weighted by molar-refractivity contribution is 6.31. The number of carbonyl (C=O) groups excluding carboxylic acids is 2. The zero-order chi connectivity index (χ0) is 13.0. The summed E-state index contributed by atoms with van der Waals surface area (Å²) in [7, 11) is 0. The van der Waals surface area contributed by atoms with Crippen LogP contribution in [0.5, 0.6) is 0 Å². The molecule has 0 radical (unpaired) electrons. The Morgan fingerprint density at radius 1 is 0.882 bits per heavy atom. The van der Waals surface area contributed by atoms with E-state index in [2.05, 4.69) is 4.74 Å². The van der Waals surface area contributed by atoms with E-state index in [1.165, 1.54) is 0 Å². The molecule has 0 aromatic heterocycles.